The summed E-state index contributed by atoms with van der Waals surface area (Å²) in [5.74, 6) is 0.915. The van der Waals surface area contributed by atoms with Crippen LogP contribution in [0.25, 0.3) is 5.69 Å². The minimum Gasteiger partial charge on any atom is -0.473 e. The van der Waals surface area contributed by atoms with Gasteiger partial charge in [0, 0.05) is 37.7 Å². The van der Waals surface area contributed by atoms with E-state index in [2.05, 4.69) is 25.8 Å². The SMILES string of the molecule is COCc1ccc(OC(F)F)c(CNC(=O)Nc2c(C)c(OC3CC4(CNC4)C3)nn2-c2ccccc2)c1. The number of carbonyl (C=O) groups excluding carboxylic acids is 1. The largest absolute Gasteiger partial charge is 0.473 e. The van der Waals surface area contributed by atoms with Gasteiger partial charge in [0.05, 0.1) is 17.9 Å². The van der Waals surface area contributed by atoms with Crippen molar-refractivity contribution in [2.24, 2.45) is 5.41 Å². The maximum absolute atomic E-state index is 13.0. The molecule has 1 aliphatic carbocycles. The van der Waals surface area contributed by atoms with Crippen molar-refractivity contribution in [2.45, 2.75) is 45.6 Å². The molecule has 3 aromatic rings. The van der Waals surface area contributed by atoms with Crippen molar-refractivity contribution in [3.05, 3.63) is 65.2 Å². The summed E-state index contributed by atoms with van der Waals surface area (Å²) in [6.45, 7) is 1.17. The average molecular weight is 528 g/mol. The third-order valence-electron chi connectivity index (χ3n) is 7.00. The molecule has 2 aromatic carbocycles. The van der Waals surface area contributed by atoms with Gasteiger partial charge in [-0.15, -0.1) is 5.10 Å². The zero-order valence-electron chi connectivity index (χ0n) is 21.3. The van der Waals surface area contributed by atoms with Crippen LogP contribution in [0.5, 0.6) is 11.6 Å². The number of hydrogen-bond acceptors (Lipinski definition) is 6. The molecule has 9 nitrogen and oxygen atoms in total. The molecule has 0 radical (unpaired) electrons. The van der Waals surface area contributed by atoms with Gasteiger partial charge in [0.2, 0.25) is 5.88 Å². The van der Waals surface area contributed by atoms with E-state index in [1.54, 1.807) is 23.9 Å². The van der Waals surface area contributed by atoms with Crippen LogP contribution in [-0.2, 0) is 17.9 Å². The highest BCUT2D eigenvalue weighted by Crippen LogP contribution is 2.46. The van der Waals surface area contributed by atoms with Crippen LogP contribution in [0.4, 0.5) is 19.4 Å². The average Bonchev–Trinajstić information content (AvgIpc) is 3.15. The number of nitrogens with zero attached hydrogens (tertiary/aromatic N) is 2. The number of halogens is 2. The fourth-order valence-corrected chi connectivity index (χ4v) is 4.97. The lowest BCUT2D eigenvalue weighted by Gasteiger charge is -2.53. The molecule has 11 heteroatoms. The zero-order chi connectivity index (χ0) is 26.7. The van der Waals surface area contributed by atoms with Crippen LogP contribution in [-0.4, -0.2) is 48.7 Å². The van der Waals surface area contributed by atoms with Crippen LogP contribution >= 0.6 is 0 Å². The molecule has 3 N–H and O–H groups in total. The van der Waals surface area contributed by atoms with E-state index in [-0.39, 0.29) is 18.4 Å². The first-order valence-electron chi connectivity index (χ1n) is 12.5. The molecule has 1 saturated carbocycles. The summed E-state index contributed by atoms with van der Waals surface area (Å²) in [6, 6.07) is 13.6. The second kappa shape index (κ2) is 11.0. The van der Waals surface area contributed by atoms with Crippen LogP contribution in [0.3, 0.4) is 0 Å². The number of rotatable bonds is 10. The molecule has 1 aliphatic heterocycles. The second-order valence-electron chi connectivity index (χ2n) is 9.84. The van der Waals surface area contributed by atoms with Gasteiger partial charge in [-0.2, -0.15) is 8.78 Å². The summed E-state index contributed by atoms with van der Waals surface area (Å²) in [5, 5.41) is 13.6. The Morgan fingerprint density at radius 3 is 2.63 bits per heavy atom. The zero-order valence-corrected chi connectivity index (χ0v) is 21.3. The molecular weight excluding hydrogens is 496 g/mol. The molecule has 38 heavy (non-hydrogen) atoms. The van der Waals surface area contributed by atoms with Crippen LogP contribution < -0.4 is 25.4 Å². The molecule has 1 saturated heterocycles. The Bertz CT molecular complexity index is 1270. The molecule has 2 heterocycles. The Morgan fingerprint density at radius 2 is 1.97 bits per heavy atom. The summed E-state index contributed by atoms with van der Waals surface area (Å²) in [5.41, 5.74) is 2.97. The fourth-order valence-electron chi connectivity index (χ4n) is 4.97. The van der Waals surface area contributed by atoms with E-state index < -0.39 is 12.6 Å². The molecule has 5 rings (SSSR count). The normalized spacial score (nSPS) is 16.1. The van der Waals surface area contributed by atoms with E-state index in [1.165, 1.54) is 6.07 Å². The number of ether oxygens (including phenoxy) is 3. The lowest BCUT2D eigenvalue weighted by Crippen LogP contribution is -2.62. The standard InChI is InChI=1S/C27H31F2N5O4/c1-17-23(32-26(35)31-13-19-10-18(14-36-2)8-9-22(19)38-25(28)29)34(20-6-4-3-5-7-20)33-24(17)37-21-11-27(12-21)15-30-16-27/h3-10,21,25,30H,11-16H2,1-2H3,(H2,31,32,35). The van der Waals surface area contributed by atoms with Gasteiger partial charge < -0.3 is 24.8 Å². The number of alkyl halides is 2. The summed E-state index contributed by atoms with van der Waals surface area (Å²) in [7, 11) is 1.54. The van der Waals surface area contributed by atoms with E-state index in [0.29, 0.717) is 34.8 Å². The number of amides is 2. The van der Waals surface area contributed by atoms with Crippen molar-refractivity contribution in [2.75, 3.05) is 25.5 Å². The quantitative estimate of drug-likeness (QED) is 0.362. The van der Waals surface area contributed by atoms with E-state index in [9.17, 15) is 13.6 Å². The van der Waals surface area contributed by atoms with Crippen molar-refractivity contribution in [1.82, 2.24) is 20.4 Å². The number of benzene rings is 2. The molecule has 2 aliphatic rings. The second-order valence-corrected chi connectivity index (χ2v) is 9.84. The first kappa shape index (κ1) is 25.9. The van der Waals surface area contributed by atoms with Gasteiger partial charge in [0.15, 0.2) is 0 Å². The predicted molar refractivity (Wildman–Crippen MR) is 137 cm³/mol. The van der Waals surface area contributed by atoms with Crippen LogP contribution in [0, 0.1) is 12.3 Å². The third-order valence-corrected chi connectivity index (χ3v) is 7.00. The molecule has 1 aromatic heterocycles. The first-order valence-corrected chi connectivity index (χ1v) is 12.5. The maximum Gasteiger partial charge on any atom is 0.387 e. The number of methoxy groups -OCH3 is 1. The van der Waals surface area contributed by atoms with E-state index in [4.69, 9.17) is 9.47 Å². The Labute approximate surface area is 219 Å². The highest BCUT2D eigenvalue weighted by Gasteiger charge is 2.50. The predicted octanol–water partition coefficient (Wildman–Crippen LogP) is 4.38. The Hall–Kier alpha value is -3.70. The molecule has 1 spiro atoms. The summed E-state index contributed by atoms with van der Waals surface area (Å²) >= 11 is 0. The lowest BCUT2D eigenvalue weighted by molar-refractivity contribution is -0.0517. The van der Waals surface area contributed by atoms with Gasteiger partial charge in [0.25, 0.3) is 0 Å². The smallest absolute Gasteiger partial charge is 0.387 e. The first-order chi connectivity index (χ1) is 18.4. The van der Waals surface area contributed by atoms with Crippen LogP contribution in [0.2, 0.25) is 0 Å². The van der Waals surface area contributed by atoms with Crippen LogP contribution in [0.1, 0.15) is 29.5 Å². The monoisotopic (exact) mass is 527 g/mol. The molecule has 2 fully saturated rings. The number of hydrogen-bond donors (Lipinski definition) is 3. The topological polar surface area (TPSA) is 98.7 Å². The van der Waals surface area contributed by atoms with Gasteiger partial charge in [-0.05, 0) is 49.6 Å². The van der Waals surface area contributed by atoms with Gasteiger partial charge in [0.1, 0.15) is 17.7 Å². The van der Waals surface area contributed by atoms with Gasteiger partial charge >= 0.3 is 12.6 Å². The highest BCUT2D eigenvalue weighted by molar-refractivity contribution is 5.89. The maximum atomic E-state index is 13.0. The number of carbonyl (C=O) groups is 1. The lowest BCUT2D eigenvalue weighted by atomic mass is 9.63. The van der Waals surface area contributed by atoms with Gasteiger partial charge in [-0.25, -0.2) is 9.48 Å². The highest BCUT2D eigenvalue weighted by atomic mass is 19.3. The third kappa shape index (κ3) is 5.58. The minimum atomic E-state index is -2.98. The van der Waals surface area contributed by atoms with Crippen molar-refractivity contribution in [3.8, 4) is 17.3 Å². The number of nitrogens with one attached hydrogen (secondary N) is 3. The van der Waals surface area contributed by atoms with Crippen molar-refractivity contribution < 1.29 is 27.8 Å². The number of para-hydroxylation sites is 1. The van der Waals surface area contributed by atoms with Crippen LogP contribution in [0.15, 0.2) is 48.5 Å². The Kier molecular flexibility index (Phi) is 7.48. The minimum absolute atomic E-state index is 0.0127. The summed E-state index contributed by atoms with van der Waals surface area (Å²) < 4.78 is 43.4. The Balaban J connectivity index is 1.31. The molecule has 202 valence electrons. The molecule has 0 bridgehead atoms. The van der Waals surface area contributed by atoms with Gasteiger partial charge in [-0.1, -0.05) is 24.3 Å². The molecular formula is C27H31F2N5O4. The fraction of sp³-hybridized carbons (Fsp3) is 0.407. The van der Waals surface area contributed by atoms with Crippen molar-refractivity contribution in [1.29, 1.82) is 0 Å². The van der Waals surface area contributed by atoms with E-state index in [1.807, 2.05) is 37.3 Å². The number of urea groups is 1. The van der Waals surface area contributed by atoms with Crippen molar-refractivity contribution >= 4 is 11.8 Å². The Morgan fingerprint density at radius 1 is 1.21 bits per heavy atom. The molecule has 2 amide bonds. The summed E-state index contributed by atoms with van der Waals surface area (Å²) in [4.78, 5) is 13.0. The number of anilines is 1. The van der Waals surface area contributed by atoms with Gasteiger partial charge in [-0.3, -0.25) is 5.32 Å². The van der Waals surface area contributed by atoms with E-state index in [0.717, 1.165) is 37.2 Å². The molecule has 0 unspecified atom stereocenters. The molecule has 0 atom stereocenters. The van der Waals surface area contributed by atoms with E-state index >= 15 is 0 Å². The summed E-state index contributed by atoms with van der Waals surface area (Å²) in [6.07, 6.45) is 2.04. The van der Waals surface area contributed by atoms with Crippen molar-refractivity contribution in [3.63, 3.8) is 0 Å². The number of aromatic nitrogens is 2.